The Morgan fingerprint density at radius 2 is 2.29 bits per heavy atom. The van der Waals surface area contributed by atoms with Gasteiger partial charge in [0.1, 0.15) is 0 Å². The number of hydrogen-bond acceptors (Lipinski definition) is 3. The number of likely N-dealkylation sites (tertiary alicyclic amines) is 1. The van der Waals surface area contributed by atoms with E-state index in [9.17, 15) is 9.59 Å². The van der Waals surface area contributed by atoms with Crippen LogP contribution in [0.3, 0.4) is 0 Å². The van der Waals surface area contributed by atoms with Crippen LogP contribution in [0.5, 0.6) is 0 Å². The largest absolute Gasteiger partial charge is 0.333 e. The first kappa shape index (κ1) is 15.0. The molecule has 2 amide bonds. The van der Waals surface area contributed by atoms with E-state index in [1.165, 1.54) is 0 Å². The summed E-state index contributed by atoms with van der Waals surface area (Å²) in [4.78, 5) is 25.5. The van der Waals surface area contributed by atoms with Crippen molar-refractivity contribution in [2.24, 2.45) is 11.8 Å². The van der Waals surface area contributed by atoms with Crippen molar-refractivity contribution in [3.63, 3.8) is 0 Å². The summed E-state index contributed by atoms with van der Waals surface area (Å²) in [6.45, 7) is 4.89. The van der Waals surface area contributed by atoms with Crippen molar-refractivity contribution in [3.05, 3.63) is 29.8 Å². The van der Waals surface area contributed by atoms with E-state index in [0.717, 1.165) is 0 Å². The third kappa shape index (κ3) is 3.82. The summed E-state index contributed by atoms with van der Waals surface area (Å²) in [6.07, 6.45) is 0.523. The minimum absolute atomic E-state index is 0.0367. The van der Waals surface area contributed by atoms with Gasteiger partial charge in [-0.15, -0.1) is 0 Å². The van der Waals surface area contributed by atoms with E-state index >= 15 is 0 Å². The molecule has 21 heavy (non-hydrogen) atoms. The van der Waals surface area contributed by atoms with Crippen LogP contribution in [0.4, 0.5) is 5.69 Å². The van der Waals surface area contributed by atoms with Crippen molar-refractivity contribution in [2.75, 3.05) is 18.4 Å². The molecule has 0 saturated carbocycles. The van der Waals surface area contributed by atoms with E-state index in [-0.39, 0.29) is 18.4 Å². The van der Waals surface area contributed by atoms with Crippen LogP contribution in [0.1, 0.15) is 25.8 Å². The van der Waals surface area contributed by atoms with Gasteiger partial charge in [0.05, 0.1) is 18.2 Å². The first-order valence-electron chi connectivity index (χ1n) is 7.07. The number of anilines is 1. The number of carbonyl (C=O) groups is 2. The predicted octanol–water partition coefficient (Wildman–Crippen LogP) is 2.00. The Morgan fingerprint density at radius 3 is 2.90 bits per heavy atom. The van der Waals surface area contributed by atoms with Gasteiger partial charge in [-0.2, -0.15) is 5.26 Å². The molecule has 0 bridgehead atoms. The molecule has 1 aromatic rings. The maximum absolute atomic E-state index is 12.0. The SMILES string of the molecule is CC(C)C1CC(=O)N(CC(=O)Nc2cccc(C#N)c2)C1. The molecule has 1 fully saturated rings. The average Bonchev–Trinajstić information content (AvgIpc) is 2.80. The Bertz CT molecular complexity index is 589. The Kier molecular flexibility index (Phi) is 4.59. The van der Waals surface area contributed by atoms with Crippen molar-refractivity contribution in [3.8, 4) is 6.07 Å². The van der Waals surface area contributed by atoms with Gasteiger partial charge in [-0.05, 0) is 30.0 Å². The average molecular weight is 285 g/mol. The quantitative estimate of drug-likeness (QED) is 0.919. The van der Waals surface area contributed by atoms with Crippen molar-refractivity contribution in [1.82, 2.24) is 4.90 Å². The number of nitrogens with one attached hydrogen (secondary N) is 1. The summed E-state index contributed by atoms with van der Waals surface area (Å²) in [7, 11) is 0. The van der Waals surface area contributed by atoms with Crippen LogP contribution in [0.15, 0.2) is 24.3 Å². The molecule has 1 aliphatic heterocycles. The van der Waals surface area contributed by atoms with Crippen molar-refractivity contribution >= 4 is 17.5 Å². The zero-order valence-electron chi connectivity index (χ0n) is 12.3. The molecule has 1 heterocycles. The number of carbonyl (C=O) groups excluding carboxylic acids is 2. The van der Waals surface area contributed by atoms with Crippen LogP contribution in [0.25, 0.3) is 0 Å². The molecule has 1 N–H and O–H groups in total. The van der Waals surface area contributed by atoms with E-state index < -0.39 is 0 Å². The number of benzene rings is 1. The molecule has 0 radical (unpaired) electrons. The summed E-state index contributed by atoms with van der Waals surface area (Å²) in [5, 5.41) is 11.6. The molecule has 110 valence electrons. The summed E-state index contributed by atoms with van der Waals surface area (Å²) < 4.78 is 0. The van der Waals surface area contributed by atoms with Crippen LogP contribution < -0.4 is 5.32 Å². The lowest BCUT2D eigenvalue weighted by molar-refractivity contribution is -0.131. The van der Waals surface area contributed by atoms with Crippen molar-refractivity contribution in [1.29, 1.82) is 5.26 Å². The van der Waals surface area contributed by atoms with Gasteiger partial charge in [-0.1, -0.05) is 19.9 Å². The van der Waals surface area contributed by atoms with Gasteiger partial charge in [-0.3, -0.25) is 9.59 Å². The number of nitrogens with zero attached hydrogens (tertiary/aromatic N) is 2. The third-order valence-corrected chi connectivity index (χ3v) is 3.80. The highest BCUT2D eigenvalue weighted by molar-refractivity contribution is 5.95. The molecule has 0 aromatic heterocycles. The molecule has 1 unspecified atom stereocenters. The highest BCUT2D eigenvalue weighted by atomic mass is 16.2. The second-order valence-corrected chi connectivity index (χ2v) is 5.72. The number of hydrogen-bond donors (Lipinski definition) is 1. The fourth-order valence-electron chi connectivity index (χ4n) is 2.44. The fraction of sp³-hybridized carbons (Fsp3) is 0.438. The second-order valence-electron chi connectivity index (χ2n) is 5.72. The van der Waals surface area contributed by atoms with E-state index in [1.807, 2.05) is 6.07 Å². The number of amides is 2. The number of rotatable bonds is 4. The van der Waals surface area contributed by atoms with E-state index in [2.05, 4.69) is 19.2 Å². The van der Waals surface area contributed by atoms with Crippen molar-refractivity contribution in [2.45, 2.75) is 20.3 Å². The minimum atomic E-state index is -0.233. The standard InChI is InChI=1S/C16H19N3O2/c1-11(2)13-7-16(21)19(9-13)10-15(20)18-14-5-3-4-12(6-14)8-17/h3-6,11,13H,7,9-10H2,1-2H3,(H,18,20). The zero-order valence-corrected chi connectivity index (χ0v) is 12.3. The Hall–Kier alpha value is -2.35. The van der Waals surface area contributed by atoms with Crippen LogP contribution in [-0.2, 0) is 9.59 Å². The zero-order chi connectivity index (χ0) is 15.4. The first-order valence-corrected chi connectivity index (χ1v) is 7.07. The van der Waals surface area contributed by atoms with E-state index in [1.54, 1.807) is 29.2 Å². The van der Waals surface area contributed by atoms with Gasteiger partial charge < -0.3 is 10.2 Å². The molecule has 0 spiro atoms. The monoisotopic (exact) mass is 285 g/mol. The summed E-state index contributed by atoms with van der Waals surface area (Å²) in [5.74, 6) is 0.569. The molecule has 1 aromatic carbocycles. The maximum atomic E-state index is 12.0. The third-order valence-electron chi connectivity index (χ3n) is 3.80. The Balaban J connectivity index is 1.93. The molecular weight excluding hydrogens is 266 g/mol. The van der Waals surface area contributed by atoms with Gasteiger partial charge in [0.15, 0.2) is 0 Å². The molecule has 1 atom stereocenters. The highest BCUT2D eigenvalue weighted by Crippen LogP contribution is 2.24. The van der Waals surface area contributed by atoms with E-state index in [0.29, 0.717) is 36.1 Å². The fourth-order valence-corrected chi connectivity index (χ4v) is 2.44. The van der Waals surface area contributed by atoms with Crippen LogP contribution in [0, 0.1) is 23.2 Å². The van der Waals surface area contributed by atoms with Gasteiger partial charge in [0.2, 0.25) is 11.8 Å². The lowest BCUT2D eigenvalue weighted by atomic mass is 9.95. The lowest BCUT2D eigenvalue weighted by Gasteiger charge is -2.17. The smallest absolute Gasteiger partial charge is 0.243 e. The molecule has 5 nitrogen and oxygen atoms in total. The molecule has 2 rings (SSSR count). The van der Waals surface area contributed by atoms with Gasteiger partial charge in [0, 0.05) is 18.7 Å². The molecular formula is C16H19N3O2. The van der Waals surface area contributed by atoms with Gasteiger partial charge in [0.25, 0.3) is 0 Å². The Morgan fingerprint density at radius 1 is 1.52 bits per heavy atom. The molecule has 1 saturated heterocycles. The lowest BCUT2D eigenvalue weighted by Crippen LogP contribution is -2.34. The number of nitriles is 1. The van der Waals surface area contributed by atoms with Crippen molar-refractivity contribution < 1.29 is 9.59 Å². The molecule has 1 aliphatic rings. The van der Waals surface area contributed by atoms with Gasteiger partial charge >= 0.3 is 0 Å². The molecule has 0 aliphatic carbocycles. The van der Waals surface area contributed by atoms with Crippen LogP contribution in [-0.4, -0.2) is 29.8 Å². The van der Waals surface area contributed by atoms with Crippen LogP contribution >= 0.6 is 0 Å². The summed E-state index contributed by atoms with van der Waals surface area (Å²) in [6, 6.07) is 8.74. The molecule has 5 heteroatoms. The van der Waals surface area contributed by atoms with E-state index in [4.69, 9.17) is 5.26 Å². The maximum Gasteiger partial charge on any atom is 0.243 e. The predicted molar refractivity (Wildman–Crippen MR) is 79.3 cm³/mol. The normalized spacial score (nSPS) is 17.9. The highest BCUT2D eigenvalue weighted by Gasteiger charge is 2.32. The summed E-state index contributed by atoms with van der Waals surface area (Å²) >= 11 is 0. The Labute approximate surface area is 124 Å². The minimum Gasteiger partial charge on any atom is -0.333 e. The first-order chi connectivity index (χ1) is 9.99. The van der Waals surface area contributed by atoms with Crippen LogP contribution in [0.2, 0.25) is 0 Å². The van der Waals surface area contributed by atoms with Gasteiger partial charge in [-0.25, -0.2) is 0 Å². The second kappa shape index (κ2) is 6.40. The summed E-state index contributed by atoms with van der Waals surface area (Å²) in [5.41, 5.74) is 1.07. The topological polar surface area (TPSA) is 73.2 Å².